The highest BCUT2D eigenvalue weighted by Gasteiger charge is 2.08. The molecule has 2 aromatic carbocycles. The summed E-state index contributed by atoms with van der Waals surface area (Å²) in [6.07, 6.45) is 1.55. The lowest BCUT2D eigenvalue weighted by molar-refractivity contribution is 0.476. The van der Waals surface area contributed by atoms with Gasteiger partial charge in [0.05, 0.1) is 0 Å². The Bertz CT molecular complexity index is 808. The molecule has 1 heterocycles. The number of benzene rings is 2. The van der Waals surface area contributed by atoms with Crippen molar-refractivity contribution >= 4 is 10.8 Å². The van der Waals surface area contributed by atoms with Gasteiger partial charge in [-0.2, -0.15) is 5.26 Å². The molecule has 0 spiro atoms. The van der Waals surface area contributed by atoms with Gasteiger partial charge in [-0.05, 0) is 30.3 Å². The van der Waals surface area contributed by atoms with Gasteiger partial charge in [0, 0.05) is 17.0 Å². The van der Waals surface area contributed by atoms with Crippen LogP contribution in [0.3, 0.4) is 0 Å². The molecule has 3 aromatic rings. The predicted octanol–water partition coefficient (Wildman–Crippen LogP) is 3.60. The maximum Gasteiger partial charge on any atom is 0.183 e. The van der Waals surface area contributed by atoms with Crippen LogP contribution < -0.4 is 4.74 Å². The number of aromatic nitrogens is 1. The van der Waals surface area contributed by atoms with E-state index in [2.05, 4.69) is 4.98 Å². The lowest BCUT2D eigenvalue weighted by Crippen LogP contribution is -1.87. The third-order valence-electron chi connectivity index (χ3n) is 2.92. The minimum absolute atomic E-state index is 0.0224. The van der Waals surface area contributed by atoms with Crippen LogP contribution in [0.5, 0.6) is 17.2 Å². The van der Waals surface area contributed by atoms with E-state index in [0.717, 1.165) is 11.1 Å². The fourth-order valence-corrected chi connectivity index (χ4v) is 1.96. The fraction of sp³-hybridized carbons (Fsp3) is 0. The first-order valence-corrected chi connectivity index (χ1v) is 6.02. The Morgan fingerprint density at radius 2 is 1.85 bits per heavy atom. The SMILES string of the molecule is N#Cc1ncc2cc(Oc3ccccc3)ccc2c1O. The van der Waals surface area contributed by atoms with Crippen molar-refractivity contribution in [1.29, 1.82) is 5.26 Å². The van der Waals surface area contributed by atoms with E-state index in [1.54, 1.807) is 24.4 Å². The van der Waals surface area contributed by atoms with Crippen molar-refractivity contribution in [3.63, 3.8) is 0 Å². The Hall–Kier alpha value is -3.06. The van der Waals surface area contributed by atoms with Crippen LogP contribution in [0.1, 0.15) is 5.69 Å². The van der Waals surface area contributed by atoms with E-state index in [1.807, 2.05) is 36.4 Å². The van der Waals surface area contributed by atoms with Crippen LogP contribution in [-0.4, -0.2) is 10.1 Å². The molecule has 3 rings (SSSR count). The van der Waals surface area contributed by atoms with Crippen molar-refractivity contribution in [2.45, 2.75) is 0 Å². The molecule has 0 radical (unpaired) electrons. The Morgan fingerprint density at radius 3 is 2.60 bits per heavy atom. The van der Waals surface area contributed by atoms with E-state index in [4.69, 9.17) is 10.00 Å². The molecule has 0 saturated heterocycles. The number of nitrogens with zero attached hydrogens (tertiary/aromatic N) is 2. The minimum Gasteiger partial charge on any atom is -0.504 e. The third kappa shape index (κ3) is 2.13. The number of aromatic hydroxyl groups is 1. The molecular formula is C16H10N2O2. The average molecular weight is 262 g/mol. The molecule has 1 aromatic heterocycles. The van der Waals surface area contributed by atoms with Crippen molar-refractivity contribution in [2.24, 2.45) is 0 Å². The van der Waals surface area contributed by atoms with Gasteiger partial charge in [0.1, 0.15) is 17.6 Å². The summed E-state index contributed by atoms with van der Waals surface area (Å²) in [5.74, 6) is 1.28. The monoisotopic (exact) mass is 262 g/mol. The van der Waals surface area contributed by atoms with Crippen LogP contribution >= 0.6 is 0 Å². The van der Waals surface area contributed by atoms with E-state index in [0.29, 0.717) is 11.1 Å². The molecule has 0 saturated carbocycles. The second-order valence-electron chi connectivity index (χ2n) is 4.23. The van der Waals surface area contributed by atoms with Crippen LogP contribution in [0.4, 0.5) is 0 Å². The smallest absolute Gasteiger partial charge is 0.183 e. The maximum absolute atomic E-state index is 9.90. The number of hydrogen-bond acceptors (Lipinski definition) is 4. The average Bonchev–Trinajstić information content (AvgIpc) is 2.49. The Labute approximate surface area is 115 Å². The Balaban J connectivity index is 2.02. The lowest BCUT2D eigenvalue weighted by atomic mass is 10.1. The summed E-state index contributed by atoms with van der Waals surface area (Å²) in [5, 5.41) is 20.0. The summed E-state index contributed by atoms with van der Waals surface area (Å²) in [6, 6.07) is 16.5. The topological polar surface area (TPSA) is 66.1 Å². The molecule has 4 heteroatoms. The Kier molecular flexibility index (Phi) is 2.94. The van der Waals surface area contributed by atoms with E-state index in [-0.39, 0.29) is 11.4 Å². The van der Waals surface area contributed by atoms with E-state index in [9.17, 15) is 5.11 Å². The second kappa shape index (κ2) is 4.90. The van der Waals surface area contributed by atoms with Gasteiger partial charge in [-0.15, -0.1) is 0 Å². The normalized spacial score (nSPS) is 10.2. The molecule has 0 unspecified atom stereocenters. The number of nitriles is 1. The minimum atomic E-state index is -0.101. The van der Waals surface area contributed by atoms with Crippen LogP contribution in [-0.2, 0) is 0 Å². The lowest BCUT2D eigenvalue weighted by Gasteiger charge is -2.07. The van der Waals surface area contributed by atoms with Gasteiger partial charge in [0.2, 0.25) is 0 Å². The first-order chi connectivity index (χ1) is 9.78. The summed E-state index contributed by atoms with van der Waals surface area (Å²) >= 11 is 0. The Morgan fingerprint density at radius 1 is 1.05 bits per heavy atom. The van der Waals surface area contributed by atoms with Gasteiger partial charge in [0.25, 0.3) is 0 Å². The van der Waals surface area contributed by atoms with E-state index in [1.165, 1.54) is 0 Å². The van der Waals surface area contributed by atoms with Gasteiger partial charge < -0.3 is 9.84 Å². The number of fused-ring (bicyclic) bond motifs is 1. The fourth-order valence-electron chi connectivity index (χ4n) is 1.96. The molecular weight excluding hydrogens is 252 g/mol. The standard InChI is InChI=1S/C16H10N2O2/c17-9-15-16(19)14-7-6-13(8-11(14)10-18-15)20-12-4-2-1-3-5-12/h1-8,10,19H. The second-order valence-corrected chi connectivity index (χ2v) is 4.23. The molecule has 0 amide bonds. The molecule has 0 aliphatic heterocycles. The zero-order chi connectivity index (χ0) is 13.9. The maximum atomic E-state index is 9.90. The van der Waals surface area contributed by atoms with Crippen LogP contribution in [0, 0.1) is 11.3 Å². The largest absolute Gasteiger partial charge is 0.504 e. The molecule has 0 atom stereocenters. The summed E-state index contributed by atoms with van der Waals surface area (Å²) in [4.78, 5) is 3.91. The molecule has 4 nitrogen and oxygen atoms in total. The first-order valence-electron chi connectivity index (χ1n) is 6.02. The zero-order valence-electron chi connectivity index (χ0n) is 10.4. The van der Waals surface area contributed by atoms with Gasteiger partial charge in [0.15, 0.2) is 11.4 Å². The molecule has 0 bridgehead atoms. The predicted molar refractivity (Wildman–Crippen MR) is 74.6 cm³/mol. The molecule has 1 N–H and O–H groups in total. The summed E-state index contributed by atoms with van der Waals surface area (Å²) in [7, 11) is 0. The van der Waals surface area contributed by atoms with Gasteiger partial charge in [-0.25, -0.2) is 4.98 Å². The first kappa shape index (κ1) is 12.0. The summed E-state index contributed by atoms with van der Waals surface area (Å²) < 4.78 is 5.71. The van der Waals surface area contributed by atoms with Gasteiger partial charge in [-0.1, -0.05) is 18.2 Å². The van der Waals surface area contributed by atoms with Gasteiger partial charge >= 0.3 is 0 Å². The van der Waals surface area contributed by atoms with Crippen molar-refractivity contribution in [3.05, 3.63) is 60.4 Å². The van der Waals surface area contributed by atoms with Crippen LogP contribution in [0.2, 0.25) is 0 Å². The highest BCUT2D eigenvalue weighted by atomic mass is 16.5. The van der Waals surface area contributed by atoms with Crippen LogP contribution in [0.15, 0.2) is 54.7 Å². The van der Waals surface area contributed by atoms with Crippen molar-refractivity contribution in [2.75, 3.05) is 0 Å². The molecule has 0 aliphatic rings. The number of rotatable bonds is 2. The van der Waals surface area contributed by atoms with Crippen molar-refractivity contribution < 1.29 is 9.84 Å². The van der Waals surface area contributed by atoms with E-state index >= 15 is 0 Å². The number of hydrogen-bond donors (Lipinski definition) is 1. The number of para-hydroxylation sites is 1. The quantitative estimate of drug-likeness (QED) is 0.766. The summed E-state index contributed by atoms with van der Waals surface area (Å²) in [5.41, 5.74) is 0.0224. The molecule has 20 heavy (non-hydrogen) atoms. The highest BCUT2D eigenvalue weighted by molar-refractivity contribution is 5.89. The molecule has 0 aliphatic carbocycles. The zero-order valence-corrected chi connectivity index (χ0v) is 10.4. The summed E-state index contributed by atoms with van der Waals surface area (Å²) in [6.45, 7) is 0. The van der Waals surface area contributed by atoms with Crippen LogP contribution in [0.25, 0.3) is 10.8 Å². The third-order valence-corrected chi connectivity index (χ3v) is 2.92. The molecule has 96 valence electrons. The number of ether oxygens (including phenoxy) is 1. The van der Waals surface area contributed by atoms with Crippen molar-refractivity contribution in [3.8, 4) is 23.3 Å². The van der Waals surface area contributed by atoms with Crippen molar-refractivity contribution in [1.82, 2.24) is 4.98 Å². The van der Waals surface area contributed by atoms with Gasteiger partial charge in [-0.3, -0.25) is 0 Å². The molecule has 0 fully saturated rings. The van der Waals surface area contributed by atoms with E-state index < -0.39 is 0 Å². The number of pyridine rings is 1. The highest BCUT2D eigenvalue weighted by Crippen LogP contribution is 2.31.